The molecule has 1 aromatic rings. The van der Waals surface area contributed by atoms with Crippen molar-refractivity contribution in [3.63, 3.8) is 0 Å². The fourth-order valence-corrected chi connectivity index (χ4v) is 1.68. The van der Waals surface area contributed by atoms with Gasteiger partial charge < -0.3 is 15.0 Å². The molecule has 0 spiro atoms. The van der Waals surface area contributed by atoms with Gasteiger partial charge in [-0.2, -0.15) is 4.98 Å². The van der Waals surface area contributed by atoms with Crippen LogP contribution in [0.3, 0.4) is 0 Å². The minimum atomic E-state index is 0.339. The Labute approximate surface area is 107 Å². The van der Waals surface area contributed by atoms with Gasteiger partial charge in [0.15, 0.2) is 5.82 Å². The number of nitrogens with one attached hydrogen (secondary N) is 1. The molecule has 5 nitrogen and oxygen atoms in total. The average Bonchev–Trinajstić information content (AvgIpc) is 2.36. The predicted octanol–water partition coefficient (Wildman–Crippen LogP) is 1.57. The highest BCUT2D eigenvalue weighted by Crippen LogP contribution is 2.23. The first kappa shape index (κ1) is 14.0. The molecule has 17 heavy (non-hydrogen) atoms. The quantitative estimate of drug-likeness (QED) is 0.753. The van der Waals surface area contributed by atoms with Crippen LogP contribution >= 0.6 is 11.6 Å². The van der Waals surface area contributed by atoms with Crippen molar-refractivity contribution < 1.29 is 4.74 Å². The van der Waals surface area contributed by atoms with Gasteiger partial charge in [0, 0.05) is 19.6 Å². The third-order valence-corrected chi connectivity index (χ3v) is 2.64. The molecule has 0 aliphatic carbocycles. The van der Waals surface area contributed by atoms with E-state index in [1.165, 1.54) is 0 Å². The highest BCUT2D eigenvalue weighted by molar-refractivity contribution is 6.32. The number of anilines is 1. The van der Waals surface area contributed by atoms with Crippen LogP contribution in [0.25, 0.3) is 0 Å². The zero-order valence-corrected chi connectivity index (χ0v) is 11.3. The van der Waals surface area contributed by atoms with Crippen LogP contribution in [-0.4, -0.2) is 43.3 Å². The summed E-state index contributed by atoms with van der Waals surface area (Å²) in [6.07, 6.45) is 1.57. The minimum absolute atomic E-state index is 0.339. The summed E-state index contributed by atoms with van der Waals surface area (Å²) in [5, 5.41) is 3.82. The Hall–Kier alpha value is -1.07. The van der Waals surface area contributed by atoms with Crippen LogP contribution in [0, 0.1) is 0 Å². The number of hydrogen-bond acceptors (Lipinski definition) is 5. The maximum atomic E-state index is 6.10. The van der Waals surface area contributed by atoms with E-state index in [1.54, 1.807) is 13.3 Å². The molecule has 1 rings (SSSR count). The lowest BCUT2D eigenvalue weighted by Gasteiger charge is -2.22. The first-order valence-corrected chi connectivity index (χ1v) is 6.12. The first-order valence-electron chi connectivity index (χ1n) is 5.75. The van der Waals surface area contributed by atoms with Gasteiger partial charge in [0.2, 0.25) is 0 Å². The van der Waals surface area contributed by atoms with Gasteiger partial charge in [-0.05, 0) is 13.5 Å². The van der Waals surface area contributed by atoms with Gasteiger partial charge in [-0.25, -0.2) is 4.98 Å². The van der Waals surface area contributed by atoms with Gasteiger partial charge in [0.05, 0.1) is 13.3 Å². The van der Waals surface area contributed by atoms with Crippen LogP contribution in [-0.2, 0) is 0 Å². The summed E-state index contributed by atoms with van der Waals surface area (Å²) in [5.41, 5.74) is 0. The minimum Gasteiger partial charge on any atom is -0.467 e. The van der Waals surface area contributed by atoms with Gasteiger partial charge in [-0.1, -0.05) is 18.5 Å². The predicted molar refractivity (Wildman–Crippen MR) is 70.0 cm³/mol. The van der Waals surface area contributed by atoms with Crippen LogP contribution in [0.2, 0.25) is 5.02 Å². The monoisotopic (exact) mass is 258 g/mol. The molecule has 0 aromatic carbocycles. The molecular weight excluding hydrogens is 240 g/mol. The zero-order valence-electron chi connectivity index (χ0n) is 10.5. The summed E-state index contributed by atoms with van der Waals surface area (Å²) in [5.74, 6) is 0.721. The molecule has 0 aliphatic heterocycles. The molecule has 0 amide bonds. The second kappa shape index (κ2) is 7.29. The van der Waals surface area contributed by atoms with Gasteiger partial charge in [0.1, 0.15) is 5.02 Å². The maximum absolute atomic E-state index is 6.10. The van der Waals surface area contributed by atoms with E-state index in [9.17, 15) is 0 Å². The maximum Gasteiger partial charge on any atom is 0.318 e. The van der Waals surface area contributed by atoms with Crippen molar-refractivity contribution in [1.82, 2.24) is 15.3 Å². The van der Waals surface area contributed by atoms with E-state index >= 15 is 0 Å². The third-order valence-electron chi connectivity index (χ3n) is 2.38. The van der Waals surface area contributed by atoms with E-state index in [0.29, 0.717) is 11.0 Å². The van der Waals surface area contributed by atoms with Crippen LogP contribution in [0.4, 0.5) is 5.82 Å². The topological polar surface area (TPSA) is 50.3 Å². The van der Waals surface area contributed by atoms with E-state index < -0.39 is 0 Å². The summed E-state index contributed by atoms with van der Waals surface area (Å²) < 4.78 is 5.01. The highest BCUT2D eigenvalue weighted by atomic mass is 35.5. The lowest BCUT2D eigenvalue weighted by molar-refractivity contribution is 0.379. The van der Waals surface area contributed by atoms with Gasteiger partial charge in [0.25, 0.3) is 0 Å². The van der Waals surface area contributed by atoms with Gasteiger partial charge in [-0.15, -0.1) is 0 Å². The van der Waals surface area contributed by atoms with Crippen molar-refractivity contribution in [1.29, 1.82) is 0 Å². The first-order chi connectivity index (χ1) is 8.22. The van der Waals surface area contributed by atoms with Crippen molar-refractivity contribution in [3.05, 3.63) is 11.2 Å². The summed E-state index contributed by atoms with van der Waals surface area (Å²) in [6, 6.07) is 0.339. The normalized spacial score (nSPS) is 10.4. The summed E-state index contributed by atoms with van der Waals surface area (Å²) in [6.45, 7) is 7.69. The van der Waals surface area contributed by atoms with E-state index in [-0.39, 0.29) is 0 Å². The second-order valence-corrected chi connectivity index (χ2v) is 3.87. The molecule has 0 fully saturated rings. The van der Waals surface area contributed by atoms with E-state index in [2.05, 4.69) is 34.0 Å². The molecule has 0 unspecified atom stereocenters. The largest absolute Gasteiger partial charge is 0.467 e. The van der Waals surface area contributed by atoms with Crippen molar-refractivity contribution >= 4 is 17.4 Å². The fourth-order valence-electron chi connectivity index (χ4n) is 1.47. The van der Waals surface area contributed by atoms with Crippen LogP contribution in [0.15, 0.2) is 6.20 Å². The summed E-state index contributed by atoms with van der Waals surface area (Å²) >= 11 is 6.10. The molecule has 1 heterocycles. The molecule has 1 N–H and O–H groups in total. The smallest absolute Gasteiger partial charge is 0.318 e. The zero-order chi connectivity index (χ0) is 12.7. The number of hydrogen-bond donors (Lipinski definition) is 1. The molecule has 0 atom stereocenters. The van der Waals surface area contributed by atoms with E-state index in [0.717, 1.165) is 32.0 Å². The molecule has 0 bridgehead atoms. The molecule has 0 aliphatic rings. The van der Waals surface area contributed by atoms with Gasteiger partial charge in [-0.3, -0.25) is 0 Å². The molecule has 6 heteroatoms. The molecular formula is C11H19ClN4O. The molecule has 0 radical (unpaired) electrons. The van der Waals surface area contributed by atoms with Crippen molar-refractivity contribution in [2.75, 3.05) is 38.2 Å². The van der Waals surface area contributed by atoms with Gasteiger partial charge >= 0.3 is 6.01 Å². The standard InChI is InChI=1S/C11H19ClN4O/c1-4-13-6-7-16(5-2)10-9(12)8-14-11(15-10)17-3/h8,13H,4-7H2,1-3H3. The fraction of sp³-hybridized carbons (Fsp3) is 0.636. The van der Waals surface area contributed by atoms with E-state index in [4.69, 9.17) is 16.3 Å². The van der Waals surface area contributed by atoms with Crippen LogP contribution in [0.1, 0.15) is 13.8 Å². The number of ether oxygens (including phenoxy) is 1. The van der Waals surface area contributed by atoms with Crippen LogP contribution in [0.5, 0.6) is 6.01 Å². The van der Waals surface area contributed by atoms with Crippen LogP contribution < -0.4 is 15.0 Å². The Morgan fingerprint density at radius 2 is 2.24 bits per heavy atom. The average molecular weight is 259 g/mol. The Kier molecular flexibility index (Phi) is 6.00. The highest BCUT2D eigenvalue weighted by Gasteiger charge is 2.12. The number of likely N-dealkylation sites (N-methyl/N-ethyl adjacent to an activating group) is 2. The Balaban J connectivity index is 2.78. The molecule has 96 valence electrons. The Morgan fingerprint density at radius 1 is 1.47 bits per heavy atom. The Morgan fingerprint density at radius 3 is 2.82 bits per heavy atom. The molecule has 1 aromatic heterocycles. The van der Waals surface area contributed by atoms with Crippen molar-refractivity contribution in [3.8, 4) is 6.01 Å². The lowest BCUT2D eigenvalue weighted by atomic mass is 10.4. The molecule has 0 saturated heterocycles. The molecule has 0 saturated carbocycles. The van der Waals surface area contributed by atoms with E-state index in [1.807, 2.05) is 0 Å². The summed E-state index contributed by atoms with van der Waals surface area (Å²) in [7, 11) is 1.54. The number of aromatic nitrogens is 2. The number of halogens is 1. The van der Waals surface area contributed by atoms with Crippen molar-refractivity contribution in [2.45, 2.75) is 13.8 Å². The Bertz CT molecular complexity index is 348. The lowest BCUT2D eigenvalue weighted by Crippen LogP contribution is -2.32. The number of methoxy groups -OCH3 is 1. The van der Waals surface area contributed by atoms with Crippen molar-refractivity contribution in [2.24, 2.45) is 0 Å². The SMILES string of the molecule is CCNCCN(CC)c1nc(OC)ncc1Cl. The number of nitrogens with zero attached hydrogens (tertiary/aromatic N) is 3. The number of rotatable bonds is 7. The summed E-state index contributed by atoms with van der Waals surface area (Å²) in [4.78, 5) is 10.3. The second-order valence-electron chi connectivity index (χ2n) is 3.46. The third kappa shape index (κ3) is 4.02.